The molecule has 1 aromatic heterocycles. The molecule has 88 valence electrons. The molecule has 0 aliphatic rings. The predicted octanol–water partition coefficient (Wildman–Crippen LogP) is 4.71. The van der Waals surface area contributed by atoms with Crippen LogP contribution in [0.5, 0.6) is 0 Å². The highest BCUT2D eigenvalue weighted by Gasteiger charge is 2.05. The van der Waals surface area contributed by atoms with Crippen LogP contribution in [-0.2, 0) is 0 Å². The molecule has 0 unspecified atom stereocenters. The number of aromatic nitrogens is 2. The van der Waals surface area contributed by atoms with Crippen LogP contribution < -0.4 is 0 Å². The fourth-order valence-electron chi connectivity index (χ4n) is 1.87. The third-order valence-corrected chi connectivity index (χ3v) is 3.50. The molecule has 0 fully saturated rings. The first kappa shape index (κ1) is 11.6. The van der Waals surface area contributed by atoms with E-state index >= 15 is 0 Å². The summed E-state index contributed by atoms with van der Waals surface area (Å²) < 4.78 is 0.720. The lowest BCUT2D eigenvalue weighted by atomic mass is 10.0. The fraction of sp³-hybridized carbons (Fsp3) is 0. The van der Waals surface area contributed by atoms with Gasteiger partial charge in [0.15, 0.2) is 0 Å². The largest absolute Gasteiger partial charge is 0.224 e. The Hall–Kier alpha value is -1.45. The molecule has 0 atom stereocenters. The molecule has 0 aliphatic carbocycles. The predicted molar refractivity (Wildman–Crippen MR) is 77.7 cm³/mol. The highest BCUT2D eigenvalue weighted by atomic mass is 79.9. The van der Waals surface area contributed by atoms with Crippen molar-refractivity contribution in [3.05, 3.63) is 58.4 Å². The van der Waals surface area contributed by atoms with Crippen LogP contribution in [0.2, 0.25) is 5.28 Å². The molecule has 0 amide bonds. The smallest absolute Gasteiger partial charge is 0.218 e. The zero-order valence-electron chi connectivity index (χ0n) is 9.27. The van der Waals surface area contributed by atoms with Crippen LogP contribution in [0.25, 0.3) is 22.0 Å². The highest BCUT2D eigenvalue weighted by Crippen LogP contribution is 2.27. The first-order valence-electron chi connectivity index (χ1n) is 5.42. The summed E-state index contributed by atoms with van der Waals surface area (Å²) in [5.41, 5.74) is 3.11. The van der Waals surface area contributed by atoms with Gasteiger partial charge in [-0.1, -0.05) is 36.4 Å². The Bertz CT molecular complexity index is 714. The lowest BCUT2D eigenvalue weighted by molar-refractivity contribution is 1.19. The molecule has 0 bridgehead atoms. The van der Waals surface area contributed by atoms with Gasteiger partial charge in [-0.05, 0) is 50.8 Å². The number of halogens is 2. The van der Waals surface area contributed by atoms with E-state index in [1.54, 1.807) is 0 Å². The van der Waals surface area contributed by atoms with E-state index < -0.39 is 0 Å². The number of nitrogens with zero attached hydrogens (tertiary/aromatic N) is 2. The van der Waals surface area contributed by atoms with Gasteiger partial charge < -0.3 is 0 Å². The van der Waals surface area contributed by atoms with Gasteiger partial charge >= 0.3 is 0 Å². The van der Waals surface area contributed by atoms with Crippen molar-refractivity contribution in [2.75, 3.05) is 0 Å². The van der Waals surface area contributed by atoms with Gasteiger partial charge in [0.25, 0.3) is 0 Å². The van der Waals surface area contributed by atoms with Gasteiger partial charge in [0, 0.05) is 5.39 Å². The molecule has 0 saturated heterocycles. The summed E-state index contributed by atoms with van der Waals surface area (Å²) in [7, 11) is 0. The van der Waals surface area contributed by atoms with E-state index in [2.05, 4.69) is 44.1 Å². The minimum absolute atomic E-state index is 0.250. The first-order valence-corrected chi connectivity index (χ1v) is 6.59. The standard InChI is InChI=1S/C14H8BrClN2/c15-13-11-7-6-10(9-4-2-1-3-5-9)8-12(11)17-14(16)18-13/h1-8H. The van der Waals surface area contributed by atoms with Crippen molar-refractivity contribution in [1.29, 1.82) is 0 Å². The summed E-state index contributed by atoms with van der Waals surface area (Å²) in [6.07, 6.45) is 0. The molecule has 0 saturated carbocycles. The van der Waals surface area contributed by atoms with Crippen LogP contribution in [-0.4, -0.2) is 9.97 Å². The van der Waals surface area contributed by atoms with Gasteiger partial charge in [-0.2, -0.15) is 0 Å². The molecule has 4 heteroatoms. The number of hydrogen-bond donors (Lipinski definition) is 0. The molecule has 0 radical (unpaired) electrons. The second kappa shape index (κ2) is 4.67. The summed E-state index contributed by atoms with van der Waals surface area (Å²) in [5, 5.41) is 1.21. The van der Waals surface area contributed by atoms with Crippen molar-refractivity contribution in [1.82, 2.24) is 9.97 Å². The van der Waals surface area contributed by atoms with E-state index in [0.29, 0.717) is 0 Å². The van der Waals surface area contributed by atoms with Crippen LogP contribution in [0.15, 0.2) is 53.1 Å². The molecule has 18 heavy (non-hydrogen) atoms. The quantitative estimate of drug-likeness (QED) is 0.479. The molecular weight excluding hydrogens is 312 g/mol. The molecule has 0 aliphatic heterocycles. The Morgan fingerprint density at radius 1 is 0.889 bits per heavy atom. The van der Waals surface area contributed by atoms with Crippen molar-refractivity contribution < 1.29 is 0 Å². The van der Waals surface area contributed by atoms with Crippen LogP contribution in [0.3, 0.4) is 0 Å². The van der Waals surface area contributed by atoms with Gasteiger partial charge in [0.1, 0.15) is 4.60 Å². The number of benzene rings is 2. The first-order chi connectivity index (χ1) is 8.74. The van der Waals surface area contributed by atoms with Crippen LogP contribution in [0, 0.1) is 0 Å². The maximum absolute atomic E-state index is 5.87. The summed E-state index contributed by atoms with van der Waals surface area (Å²) in [5.74, 6) is 0. The monoisotopic (exact) mass is 318 g/mol. The minimum Gasteiger partial charge on any atom is -0.218 e. The molecule has 0 spiro atoms. The van der Waals surface area contributed by atoms with E-state index in [4.69, 9.17) is 11.6 Å². The van der Waals surface area contributed by atoms with Crippen molar-refractivity contribution >= 4 is 38.4 Å². The van der Waals surface area contributed by atoms with E-state index in [-0.39, 0.29) is 5.28 Å². The van der Waals surface area contributed by atoms with E-state index in [1.165, 1.54) is 0 Å². The Balaban J connectivity index is 2.23. The number of fused-ring (bicyclic) bond motifs is 1. The molecule has 3 rings (SSSR count). The van der Waals surface area contributed by atoms with Gasteiger partial charge in [-0.25, -0.2) is 9.97 Å². The van der Waals surface area contributed by atoms with E-state index in [9.17, 15) is 0 Å². The molecular formula is C14H8BrClN2. The third kappa shape index (κ3) is 2.11. The Labute approximate surface area is 118 Å². The van der Waals surface area contributed by atoms with Crippen LogP contribution in [0.4, 0.5) is 0 Å². The van der Waals surface area contributed by atoms with Crippen molar-refractivity contribution in [2.45, 2.75) is 0 Å². The van der Waals surface area contributed by atoms with Crippen LogP contribution >= 0.6 is 27.5 Å². The minimum atomic E-state index is 0.250. The topological polar surface area (TPSA) is 25.8 Å². The SMILES string of the molecule is Clc1nc(Br)c2ccc(-c3ccccc3)cc2n1. The third-order valence-electron chi connectivity index (χ3n) is 2.73. The second-order valence-electron chi connectivity index (χ2n) is 3.88. The number of rotatable bonds is 1. The summed E-state index contributed by atoms with van der Waals surface area (Å²) >= 11 is 9.26. The lowest BCUT2D eigenvalue weighted by Gasteiger charge is -2.04. The normalized spacial score (nSPS) is 10.8. The zero-order chi connectivity index (χ0) is 12.5. The van der Waals surface area contributed by atoms with Gasteiger partial charge in [0.2, 0.25) is 5.28 Å². The Kier molecular flexibility index (Phi) is 3.02. The Morgan fingerprint density at radius 3 is 2.44 bits per heavy atom. The fourth-order valence-corrected chi connectivity index (χ4v) is 2.66. The van der Waals surface area contributed by atoms with Crippen LogP contribution in [0.1, 0.15) is 0 Å². The molecule has 1 heterocycles. The van der Waals surface area contributed by atoms with Crippen molar-refractivity contribution in [3.63, 3.8) is 0 Å². The molecule has 3 aromatic rings. The molecule has 2 aromatic carbocycles. The van der Waals surface area contributed by atoms with E-state index in [1.807, 2.05) is 30.3 Å². The molecule has 0 N–H and O–H groups in total. The maximum atomic E-state index is 5.87. The summed E-state index contributed by atoms with van der Waals surface area (Å²) in [6, 6.07) is 16.2. The second-order valence-corrected chi connectivity index (χ2v) is 4.97. The average Bonchev–Trinajstić information content (AvgIpc) is 2.39. The maximum Gasteiger partial charge on any atom is 0.224 e. The lowest BCUT2D eigenvalue weighted by Crippen LogP contribution is -1.88. The zero-order valence-corrected chi connectivity index (χ0v) is 11.6. The van der Waals surface area contributed by atoms with E-state index in [0.717, 1.165) is 26.6 Å². The van der Waals surface area contributed by atoms with Crippen molar-refractivity contribution in [2.24, 2.45) is 0 Å². The number of hydrogen-bond acceptors (Lipinski definition) is 2. The van der Waals surface area contributed by atoms with Crippen molar-refractivity contribution in [3.8, 4) is 11.1 Å². The van der Waals surface area contributed by atoms with Gasteiger partial charge in [-0.15, -0.1) is 0 Å². The summed E-state index contributed by atoms with van der Waals surface area (Å²) in [4.78, 5) is 8.32. The van der Waals surface area contributed by atoms with Gasteiger partial charge in [-0.3, -0.25) is 0 Å². The Morgan fingerprint density at radius 2 is 1.67 bits per heavy atom. The average molecular weight is 320 g/mol. The summed E-state index contributed by atoms with van der Waals surface area (Å²) in [6.45, 7) is 0. The van der Waals surface area contributed by atoms with Gasteiger partial charge in [0.05, 0.1) is 5.52 Å². The molecule has 2 nitrogen and oxygen atoms in total. The highest BCUT2D eigenvalue weighted by molar-refractivity contribution is 9.10.